The Balaban J connectivity index is 6.45. The van der Waals surface area contributed by atoms with Crippen molar-refractivity contribution in [3.63, 3.8) is 0 Å². The normalized spacial score (nSPS) is 12.2. The van der Waals surface area contributed by atoms with Crippen molar-refractivity contribution in [3.05, 3.63) is 9.16 Å². The number of unbranched alkanes of at least 4 members (excludes halogenated alkanes) is 3. The first-order chi connectivity index (χ1) is 12.0. The fraction of sp³-hybridized carbons (Fsp3) is 0.737. The molecule has 0 N–H and O–H groups in total. The number of rotatable bonds is 12. The summed E-state index contributed by atoms with van der Waals surface area (Å²) in [7, 11) is 2.57. The molecule has 0 aliphatic carbocycles. The number of nitrogens with zero attached hydrogens (tertiary/aromatic N) is 1. The van der Waals surface area contributed by atoms with Gasteiger partial charge in [0.05, 0.1) is 0 Å². The van der Waals surface area contributed by atoms with Crippen molar-refractivity contribution in [3.8, 4) is 6.07 Å². The Morgan fingerprint density at radius 3 is 1.52 bits per heavy atom. The van der Waals surface area contributed by atoms with Crippen molar-refractivity contribution >= 4 is 30.3 Å². The van der Waals surface area contributed by atoms with Crippen molar-refractivity contribution in [1.29, 1.82) is 5.26 Å². The molecule has 0 aliphatic rings. The summed E-state index contributed by atoms with van der Waals surface area (Å²) < 4.78 is 13.2. The van der Waals surface area contributed by atoms with Gasteiger partial charge < -0.3 is 0 Å². The molecule has 0 bridgehead atoms. The average Bonchev–Trinajstić information content (AvgIpc) is 2.64. The maximum atomic E-state index is 12.7. The molecular formula is C19H33NO4Sn. The molecule has 0 radical (unpaired) electrons. The molecular weight excluding hydrogens is 425 g/mol. The van der Waals surface area contributed by atoms with Gasteiger partial charge in [0, 0.05) is 0 Å². The van der Waals surface area contributed by atoms with E-state index in [0.717, 1.165) is 51.8 Å². The molecule has 25 heavy (non-hydrogen) atoms. The number of ether oxygens (including phenoxy) is 2. The number of methoxy groups -OCH3 is 2. The Labute approximate surface area is 156 Å². The molecule has 0 unspecified atom stereocenters. The van der Waals surface area contributed by atoms with E-state index in [2.05, 4.69) is 20.8 Å². The van der Waals surface area contributed by atoms with E-state index in [0.29, 0.717) is 3.59 Å². The average molecular weight is 458 g/mol. The van der Waals surface area contributed by atoms with Crippen LogP contribution >= 0.6 is 0 Å². The van der Waals surface area contributed by atoms with E-state index in [9.17, 15) is 14.9 Å². The van der Waals surface area contributed by atoms with Crippen LogP contribution in [0, 0.1) is 11.3 Å². The standard InChI is InChI=1S/C7H6NO4.3C4H9.Sn/c1-11-6(9)3-5(4-8)7(10)12-2;3*1-3-4-2;/h1-2H3;3*1,3-4H2,2H3;. The zero-order valence-corrected chi connectivity index (χ0v) is 19.3. The van der Waals surface area contributed by atoms with E-state index in [1.807, 2.05) is 6.07 Å². The third kappa shape index (κ3) is 7.01. The van der Waals surface area contributed by atoms with Crippen LogP contribution < -0.4 is 0 Å². The minimum atomic E-state index is -3.29. The molecule has 0 saturated carbocycles. The fourth-order valence-corrected chi connectivity index (χ4v) is 19.9. The van der Waals surface area contributed by atoms with Crippen LogP contribution in [-0.2, 0) is 19.1 Å². The van der Waals surface area contributed by atoms with Crippen molar-refractivity contribution in [2.45, 2.75) is 72.6 Å². The Morgan fingerprint density at radius 1 is 0.840 bits per heavy atom. The summed E-state index contributed by atoms with van der Waals surface area (Å²) >= 11 is -3.29. The quantitative estimate of drug-likeness (QED) is 0.186. The Bertz CT molecular complexity index is 486. The van der Waals surface area contributed by atoms with Crippen molar-refractivity contribution in [1.82, 2.24) is 0 Å². The van der Waals surface area contributed by atoms with E-state index in [1.165, 1.54) is 14.2 Å². The first kappa shape index (κ1) is 24.0. The first-order valence-corrected chi connectivity index (χ1v) is 16.8. The third-order valence-electron chi connectivity index (χ3n) is 4.70. The molecule has 0 heterocycles. The van der Waals surface area contributed by atoms with E-state index < -0.39 is 30.3 Å². The van der Waals surface area contributed by atoms with E-state index in [-0.39, 0.29) is 5.57 Å². The zero-order chi connectivity index (χ0) is 19.3. The maximum absolute atomic E-state index is 12.7. The molecule has 0 fully saturated rings. The van der Waals surface area contributed by atoms with Crippen LogP contribution in [0.2, 0.25) is 13.3 Å². The molecule has 0 atom stereocenters. The summed E-state index contributed by atoms with van der Waals surface area (Å²) in [6.07, 6.45) is 6.15. The number of hydrogen-bond donors (Lipinski definition) is 0. The molecule has 6 heteroatoms. The number of esters is 2. The molecule has 142 valence electrons. The number of carbonyl (C=O) groups excluding carboxylic acids is 2. The van der Waals surface area contributed by atoms with E-state index >= 15 is 0 Å². The monoisotopic (exact) mass is 459 g/mol. The summed E-state index contributed by atoms with van der Waals surface area (Å²) in [5.74, 6) is -1.21. The van der Waals surface area contributed by atoms with Gasteiger partial charge in [-0.3, -0.25) is 0 Å². The predicted molar refractivity (Wildman–Crippen MR) is 102 cm³/mol. The van der Waals surface area contributed by atoms with Gasteiger partial charge in [0.15, 0.2) is 0 Å². The SMILES string of the molecule is CCC[CH2][Sn]([CH2]CCC)([CH2]CCC)/[C](C(=O)OC)=C(\C#N)C(=O)OC. The second-order valence-electron chi connectivity index (χ2n) is 6.44. The Morgan fingerprint density at radius 2 is 1.24 bits per heavy atom. The van der Waals surface area contributed by atoms with Crippen LogP contribution in [0.4, 0.5) is 0 Å². The summed E-state index contributed by atoms with van der Waals surface area (Å²) in [5, 5.41) is 9.60. The molecule has 0 amide bonds. The van der Waals surface area contributed by atoms with Gasteiger partial charge in [-0.05, 0) is 0 Å². The molecule has 0 rings (SSSR count). The van der Waals surface area contributed by atoms with Gasteiger partial charge in [-0.1, -0.05) is 0 Å². The number of hydrogen-bond acceptors (Lipinski definition) is 5. The zero-order valence-electron chi connectivity index (χ0n) is 16.4. The molecule has 0 aliphatic heterocycles. The Kier molecular flexibility index (Phi) is 12.7. The van der Waals surface area contributed by atoms with Crippen LogP contribution in [0.25, 0.3) is 0 Å². The molecule has 0 aromatic carbocycles. The van der Waals surface area contributed by atoms with E-state index in [4.69, 9.17) is 9.47 Å². The van der Waals surface area contributed by atoms with Crippen LogP contribution in [0.5, 0.6) is 0 Å². The van der Waals surface area contributed by atoms with Crippen LogP contribution in [0.15, 0.2) is 9.16 Å². The van der Waals surface area contributed by atoms with Crippen molar-refractivity contribution in [2.24, 2.45) is 0 Å². The molecule has 5 nitrogen and oxygen atoms in total. The van der Waals surface area contributed by atoms with E-state index in [1.54, 1.807) is 0 Å². The van der Waals surface area contributed by atoms with Crippen LogP contribution in [-0.4, -0.2) is 44.5 Å². The number of nitriles is 1. The molecule has 0 aromatic heterocycles. The summed E-state index contributed by atoms with van der Waals surface area (Å²) in [6.45, 7) is 6.38. The molecule has 0 spiro atoms. The molecule has 0 saturated heterocycles. The van der Waals surface area contributed by atoms with Gasteiger partial charge in [-0.15, -0.1) is 0 Å². The molecule has 0 aromatic rings. The first-order valence-electron chi connectivity index (χ1n) is 9.29. The second-order valence-corrected chi connectivity index (χ2v) is 19.5. The van der Waals surface area contributed by atoms with Crippen molar-refractivity contribution in [2.75, 3.05) is 14.2 Å². The van der Waals surface area contributed by atoms with Gasteiger partial charge in [0.1, 0.15) is 0 Å². The topological polar surface area (TPSA) is 76.4 Å². The van der Waals surface area contributed by atoms with Gasteiger partial charge >= 0.3 is 157 Å². The Hall–Kier alpha value is -1.03. The minimum absolute atomic E-state index is 0.117. The summed E-state index contributed by atoms with van der Waals surface area (Å²) in [4.78, 5) is 24.9. The fourth-order valence-electron chi connectivity index (χ4n) is 3.29. The van der Waals surface area contributed by atoms with Crippen LogP contribution in [0.3, 0.4) is 0 Å². The van der Waals surface area contributed by atoms with Gasteiger partial charge in [-0.25, -0.2) is 0 Å². The van der Waals surface area contributed by atoms with Crippen molar-refractivity contribution < 1.29 is 19.1 Å². The van der Waals surface area contributed by atoms with Gasteiger partial charge in [0.25, 0.3) is 0 Å². The predicted octanol–water partition coefficient (Wildman–Crippen LogP) is 4.54. The summed E-state index contributed by atoms with van der Waals surface area (Å²) in [6, 6.07) is 1.96. The van der Waals surface area contributed by atoms with Crippen LogP contribution in [0.1, 0.15) is 59.3 Å². The number of carbonyl (C=O) groups is 2. The van der Waals surface area contributed by atoms with Gasteiger partial charge in [0.2, 0.25) is 0 Å². The van der Waals surface area contributed by atoms with Gasteiger partial charge in [-0.2, -0.15) is 0 Å². The second kappa shape index (κ2) is 13.2. The third-order valence-corrected chi connectivity index (χ3v) is 20.2. The summed E-state index contributed by atoms with van der Waals surface area (Å²) in [5.41, 5.74) is -0.117.